The third-order valence-corrected chi connectivity index (χ3v) is 3.57. The number of hydrogen-bond acceptors (Lipinski definition) is 5. The molecule has 1 saturated heterocycles. The van der Waals surface area contributed by atoms with Crippen LogP contribution in [0.5, 0.6) is 11.5 Å². The number of piperidine rings is 1. The molecule has 6 nitrogen and oxygen atoms in total. The molecule has 8 heteroatoms. The monoisotopic (exact) mass is 358 g/mol. The number of benzene rings is 1. The summed E-state index contributed by atoms with van der Waals surface area (Å²) in [7, 11) is 0. The highest BCUT2D eigenvalue weighted by atomic mass is 19.3. The van der Waals surface area contributed by atoms with Gasteiger partial charge in [0, 0.05) is 37.7 Å². The van der Waals surface area contributed by atoms with Gasteiger partial charge in [0.1, 0.15) is 11.7 Å². The van der Waals surface area contributed by atoms with Gasteiger partial charge in [0.25, 0.3) is 0 Å². The number of nitrogen functional groups attached to an aromatic ring is 1. The highest BCUT2D eigenvalue weighted by Gasteiger charge is 2.28. The molecule has 0 aromatic heterocycles. The second-order valence-corrected chi connectivity index (χ2v) is 6.87. The number of alkyl halides is 2. The maximum Gasteiger partial charge on any atom is 0.410 e. The maximum atomic E-state index is 12.5. The van der Waals surface area contributed by atoms with Gasteiger partial charge in [-0.25, -0.2) is 4.79 Å². The number of halogens is 2. The van der Waals surface area contributed by atoms with E-state index in [-0.39, 0.29) is 23.7 Å². The summed E-state index contributed by atoms with van der Waals surface area (Å²) in [6, 6.07) is 4.37. The maximum absolute atomic E-state index is 12.5. The Hall–Kier alpha value is -2.25. The van der Waals surface area contributed by atoms with E-state index in [1.54, 1.807) is 11.0 Å². The summed E-state index contributed by atoms with van der Waals surface area (Å²) in [5, 5.41) is 0. The highest BCUT2D eigenvalue weighted by molar-refractivity contribution is 5.68. The second kappa shape index (κ2) is 7.76. The van der Waals surface area contributed by atoms with Crippen molar-refractivity contribution in [3.05, 3.63) is 18.2 Å². The summed E-state index contributed by atoms with van der Waals surface area (Å²) in [5.41, 5.74) is 5.36. The first-order valence-electron chi connectivity index (χ1n) is 8.13. The molecule has 0 bridgehead atoms. The van der Waals surface area contributed by atoms with Crippen molar-refractivity contribution in [1.29, 1.82) is 0 Å². The van der Waals surface area contributed by atoms with Crippen LogP contribution >= 0.6 is 0 Å². The average Bonchev–Trinajstić information content (AvgIpc) is 2.48. The minimum absolute atomic E-state index is 0.0930. The van der Waals surface area contributed by atoms with Gasteiger partial charge in [-0.1, -0.05) is 0 Å². The minimum atomic E-state index is -2.96. The summed E-state index contributed by atoms with van der Waals surface area (Å²) in [6.45, 7) is 3.42. The van der Waals surface area contributed by atoms with Crippen LogP contribution in [0, 0.1) is 0 Å². The number of carbonyl (C=O) groups excluding carboxylic acids is 1. The Morgan fingerprint density at radius 2 is 1.88 bits per heavy atom. The van der Waals surface area contributed by atoms with E-state index in [4.69, 9.17) is 15.2 Å². The Bertz CT molecular complexity index is 597. The van der Waals surface area contributed by atoms with Gasteiger partial charge < -0.3 is 24.8 Å². The number of ether oxygens (including phenoxy) is 3. The number of hydrogen-bond donors (Lipinski definition) is 1. The average molecular weight is 358 g/mol. The molecule has 0 spiro atoms. The molecule has 0 unspecified atom stereocenters. The first-order valence-corrected chi connectivity index (χ1v) is 8.13. The van der Waals surface area contributed by atoms with Crippen molar-refractivity contribution in [3.8, 4) is 11.5 Å². The SMILES string of the molecule is CC(C)(C)OC(=O)N1CCC(Oc2ccc(N)cc2OC(F)F)CC1. The molecule has 25 heavy (non-hydrogen) atoms. The first kappa shape index (κ1) is 19.1. The standard InChI is InChI=1S/C17H24F2N2O4/c1-17(2,3)25-16(22)21-8-6-12(7-9-21)23-13-5-4-11(20)10-14(13)24-15(18)19/h4-5,10,12,15H,6-9,20H2,1-3H3. The van der Waals surface area contributed by atoms with Crippen LogP contribution in [0.4, 0.5) is 19.3 Å². The lowest BCUT2D eigenvalue weighted by atomic mass is 10.1. The predicted molar refractivity (Wildman–Crippen MR) is 88.9 cm³/mol. The summed E-state index contributed by atoms with van der Waals surface area (Å²) in [4.78, 5) is 13.7. The number of anilines is 1. The van der Waals surface area contributed by atoms with Gasteiger partial charge in [0.2, 0.25) is 0 Å². The number of nitrogens with two attached hydrogens (primary N) is 1. The van der Waals surface area contributed by atoms with Gasteiger partial charge in [-0.15, -0.1) is 0 Å². The number of nitrogens with zero attached hydrogens (tertiary/aromatic N) is 1. The highest BCUT2D eigenvalue weighted by Crippen LogP contribution is 2.33. The molecule has 1 fully saturated rings. The minimum Gasteiger partial charge on any atom is -0.486 e. The number of rotatable bonds is 4. The van der Waals surface area contributed by atoms with Crippen molar-refractivity contribution in [2.75, 3.05) is 18.8 Å². The summed E-state index contributed by atoms with van der Waals surface area (Å²) in [6.07, 6.45) is 0.567. The summed E-state index contributed by atoms with van der Waals surface area (Å²) < 4.78 is 40.6. The van der Waals surface area contributed by atoms with Gasteiger partial charge >= 0.3 is 12.7 Å². The first-order chi connectivity index (χ1) is 11.6. The zero-order chi connectivity index (χ0) is 18.6. The van der Waals surface area contributed by atoms with Crippen molar-refractivity contribution < 1.29 is 27.8 Å². The molecule has 1 aliphatic heterocycles. The predicted octanol–water partition coefficient (Wildman–Crippen LogP) is 3.65. The van der Waals surface area contributed by atoms with Gasteiger partial charge in [0.05, 0.1) is 0 Å². The lowest BCUT2D eigenvalue weighted by Gasteiger charge is -2.33. The van der Waals surface area contributed by atoms with Crippen LogP contribution in [0.25, 0.3) is 0 Å². The lowest BCUT2D eigenvalue weighted by Crippen LogP contribution is -2.44. The van der Waals surface area contributed by atoms with Crippen molar-refractivity contribution in [1.82, 2.24) is 4.90 Å². The molecule has 2 N–H and O–H groups in total. The van der Waals surface area contributed by atoms with E-state index >= 15 is 0 Å². The third kappa shape index (κ3) is 5.95. The molecule has 1 heterocycles. The fraction of sp³-hybridized carbons (Fsp3) is 0.588. The smallest absolute Gasteiger partial charge is 0.410 e. The Morgan fingerprint density at radius 3 is 2.44 bits per heavy atom. The van der Waals surface area contributed by atoms with Crippen LogP contribution in [0.15, 0.2) is 18.2 Å². The molecule has 1 amide bonds. The molecule has 0 aliphatic carbocycles. The zero-order valence-corrected chi connectivity index (χ0v) is 14.6. The van der Waals surface area contributed by atoms with Crippen LogP contribution < -0.4 is 15.2 Å². The van der Waals surface area contributed by atoms with E-state index < -0.39 is 12.2 Å². The van der Waals surface area contributed by atoms with Crippen LogP contribution in [-0.2, 0) is 4.74 Å². The molecule has 1 aromatic rings. The van der Waals surface area contributed by atoms with Crippen molar-refractivity contribution >= 4 is 11.8 Å². The molecular formula is C17H24F2N2O4. The molecule has 1 aromatic carbocycles. The fourth-order valence-electron chi connectivity index (χ4n) is 2.47. The van der Waals surface area contributed by atoms with E-state index in [0.717, 1.165) is 0 Å². The molecule has 0 atom stereocenters. The number of likely N-dealkylation sites (tertiary alicyclic amines) is 1. The Morgan fingerprint density at radius 1 is 1.24 bits per heavy atom. The van der Waals surface area contributed by atoms with E-state index in [0.29, 0.717) is 31.6 Å². The van der Waals surface area contributed by atoms with Gasteiger partial charge in [0.15, 0.2) is 11.5 Å². The van der Waals surface area contributed by atoms with Crippen molar-refractivity contribution in [3.63, 3.8) is 0 Å². The fourth-order valence-corrected chi connectivity index (χ4v) is 2.47. The third-order valence-electron chi connectivity index (χ3n) is 3.57. The van der Waals surface area contributed by atoms with Crippen molar-refractivity contribution in [2.24, 2.45) is 0 Å². The largest absolute Gasteiger partial charge is 0.486 e. The molecule has 2 rings (SSSR count). The van der Waals surface area contributed by atoms with E-state index in [2.05, 4.69) is 4.74 Å². The van der Waals surface area contributed by atoms with E-state index in [1.807, 2.05) is 20.8 Å². The van der Waals surface area contributed by atoms with E-state index in [1.165, 1.54) is 12.1 Å². The zero-order valence-electron chi connectivity index (χ0n) is 14.6. The normalized spacial score (nSPS) is 16.0. The second-order valence-electron chi connectivity index (χ2n) is 6.87. The Balaban J connectivity index is 1.93. The topological polar surface area (TPSA) is 74.0 Å². The number of carbonyl (C=O) groups is 1. The van der Waals surface area contributed by atoms with Gasteiger partial charge in [-0.3, -0.25) is 0 Å². The van der Waals surface area contributed by atoms with Crippen LogP contribution in [-0.4, -0.2) is 42.4 Å². The van der Waals surface area contributed by atoms with Crippen LogP contribution in [0.3, 0.4) is 0 Å². The lowest BCUT2D eigenvalue weighted by molar-refractivity contribution is -0.0526. The van der Waals surface area contributed by atoms with Gasteiger partial charge in [-0.05, 0) is 32.9 Å². The molecule has 1 aliphatic rings. The van der Waals surface area contributed by atoms with E-state index in [9.17, 15) is 13.6 Å². The molecular weight excluding hydrogens is 334 g/mol. The molecule has 140 valence electrons. The van der Waals surface area contributed by atoms with Gasteiger partial charge in [-0.2, -0.15) is 8.78 Å². The Labute approximate surface area is 145 Å². The van der Waals surface area contributed by atoms with Crippen LogP contribution in [0.2, 0.25) is 0 Å². The summed E-state index contributed by atoms with van der Waals surface area (Å²) >= 11 is 0. The summed E-state index contributed by atoms with van der Waals surface area (Å²) in [5.74, 6) is 0.120. The quantitative estimate of drug-likeness (QED) is 0.832. The van der Waals surface area contributed by atoms with Crippen LogP contribution in [0.1, 0.15) is 33.6 Å². The Kier molecular flexibility index (Phi) is 5.92. The molecule has 0 saturated carbocycles. The number of amides is 1. The molecule has 0 radical (unpaired) electrons. The van der Waals surface area contributed by atoms with Crippen molar-refractivity contribution in [2.45, 2.75) is 51.9 Å².